The number of phenolic OH excluding ortho intramolecular Hbond substituents is 1. The summed E-state index contributed by atoms with van der Waals surface area (Å²) in [4.78, 5) is 4.03. The predicted molar refractivity (Wildman–Crippen MR) is 66.9 cm³/mol. The maximum absolute atomic E-state index is 13.3. The van der Waals surface area contributed by atoms with E-state index in [4.69, 9.17) is 0 Å². The molecule has 0 bridgehead atoms. The van der Waals surface area contributed by atoms with E-state index in [1.165, 1.54) is 6.33 Å². The van der Waals surface area contributed by atoms with Gasteiger partial charge in [-0.05, 0) is 17.7 Å². The summed E-state index contributed by atoms with van der Waals surface area (Å²) in [5.74, 6) is -1.64. The number of phenols is 1. The van der Waals surface area contributed by atoms with Gasteiger partial charge < -0.3 is 9.67 Å². The Hall–Kier alpha value is -2.43. The standard InChI is InChI=1S/C14H10F2N2O/c15-11-5-13-14(6-12(11)16)18(8-17-13)7-9-2-1-3-10(19)4-9/h1-6,8,19H,7H2. The number of rotatable bonds is 2. The van der Waals surface area contributed by atoms with Crippen LogP contribution in [-0.2, 0) is 6.54 Å². The lowest BCUT2D eigenvalue weighted by atomic mass is 10.2. The SMILES string of the molecule is Oc1cccc(Cn2cnc3cc(F)c(F)cc32)c1. The van der Waals surface area contributed by atoms with Crippen LogP contribution in [0.15, 0.2) is 42.7 Å². The lowest BCUT2D eigenvalue weighted by Gasteiger charge is -2.05. The third kappa shape index (κ3) is 2.14. The van der Waals surface area contributed by atoms with Crippen LogP contribution in [0, 0.1) is 11.6 Å². The van der Waals surface area contributed by atoms with Crippen molar-refractivity contribution in [1.29, 1.82) is 0 Å². The molecule has 0 aliphatic carbocycles. The summed E-state index contributed by atoms with van der Waals surface area (Å²) in [7, 11) is 0. The number of benzene rings is 2. The lowest BCUT2D eigenvalue weighted by molar-refractivity contribution is 0.474. The van der Waals surface area contributed by atoms with Crippen LogP contribution in [0.1, 0.15) is 5.56 Å². The van der Waals surface area contributed by atoms with E-state index in [1.807, 2.05) is 6.07 Å². The van der Waals surface area contributed by atoms with E-state index in [9.17, 15) is 13.9 Å². The maximum Gasteiger partial charge on any atom is 0.161 e. The zero-order chi connectivity index (χ0) is 13.4. The van der Waals surface area contributed by atoms with Gasteiger partial charge in [-0.2, -0.15) is 0 Å². The van der Waals surface area contributed by atoms with Crippen molar-refractivity contribution in [3.8, 4) is 5.75 Å². The minimum atomic E-state index is -0.907. The van der Waals surface area contributed by atoms with Crippen LogP contribution in [-0.4, -0.2) is 14.7 Å². The molecule has 0 aliphatic rings. The Balaban J connectivity index is 2.04. The third-order valence-corrected chi connectivity index (χ3v) is 2.93. The topological polar surface area (TPSA) is 38.0 Å². The highest BCUT2D eigenvalue weighted by molar-refractivity contribution is 5.75. The van der Waals surface area contributed by atoms with E-state index >= 15 is 0 Å². The molecule has 3 nitrogen and oxygen atoms in total. The summed E-state index contributed by atoms with van der Waals surface area (Å²) in [6, 6.07) is 8.95. The van der Waals surface area contributed by atoms with Gasteiger partial charge in [0.2, 0.25) is 0 Å². The molecule has 19 heavy (non-hydrogen) atoms. The monoisotopic (exact) mass is 260 g/mol. The number of nitrogens with zero attached hydrogens (tertiary/aromatic N) is 2. The predicted octanol–water partition coefficient (Wildman–Crippen LogP) is 3.07. The molecule has 0 atom stereocenters. The Labute approximate surface area is 107 Å². The third-order valence-electron chi connectivity index (χ3n) is 2.93. The van der Waals surface area contributed by atoms with Gasteiger partial charge in [0.05, 0.1) is 17.4 Å². The maximum atomic E-state index is 13.3. The normalized spacial score (nSPS) is 11.1. The smallest absolute Gasteiger partial charge is 0.161 e. The van der Waals surface area contributed by atoms with Gasteiger partial charge in [0.15, 0.2) is 11.6 Å². The van der Waals surface area contributed by atoms with Gasteiger partial charge in [-0.3, -0.25) is 0 Å². The molecule has 5 heteroatoms. The van der Waals surface area contributed by atoms with Gasteiger partial charge in [-0.15, -0.1) is 0 Å². The molecule has 1 heterocycles. The summed E-state index contributed by atoms with van der Waals surface area (Å²) in [6.45, 7) is 0.427. The minimum absolute atomic E-state index is 0.166. The van der Waals surface area contributed by atoms with Gasteiger partial charge >= 0.3 is 0 Å². The zero-order valence-corrected chi connectivity index (χ0v) is 9.85. The molecule has 96 valence electrons. The van der Waals surface area contributed by atoms with E-state index in [0.717, 1.165) is 17.7 Å². The molecular formula is C14H10F2N2O. The summed E-state index contributed by atoms with van der Waals surface area (Å²) >= 11 is 0. The van der Waals surface area contributed by atoms with E-state index in [0.29, 0.717) is 17.6 Å². The van der Waals surface area contributed by atoms with Crippen molar-refractivity contribution >= 4 is 11.0 Å². The Morgan fingerprint density at radius 2 is 1.89 bits per heavy atom. The van der Waals surface area contributed by atoms with Crippen LogP contribution in [0.2, 0.25) is 0 Å². The van der Waals surface area contributed by atoms with E-state index in [1.54, 1.807) is 22.8 Å². The number of aromatic hydroxyl groups is 1. The highest BCUT2D eigenvalue weighted by Gasteiger charge is 2.09. The van der Waals surface area contributed by atoms with Crippen molar-refractivity contribution in [3.05, 3.63) is 59.9 Å². The molecule has 0 saturated carbocycles. The van der Waals surface area contributed by atoms with Crippen LogP contribution in [0.3, 0.4) is 0 Å². The van der Waals surface area contributed by atoms with Crippen LogP contribution < -0.4 is 0 Å². The first kappa shape index (κ1) is 11.6. The minimum Gasteiger partial charge on any atom is -0.508 e. The first-order valence-corrected chi connectivity index (χ1v) is 5.71. The van der Waals surface area contributed by atoms with E-state index in [-0.39, 0.29) is 5.75 Å². The van der Waals surface area contributed by atoms with Crippen molar-refractivity contribution in [3.63, 3.8) is 0 Å². The number of hydrogen-bond donors (Lipinski definition) is 1. The molecule has 0 aliphatic heterocycles. The van der Waals surface area contributed by atoms with Gasteiger partial charge in [-0.25, -0.2) is 13.8 Å². The number of fused-ring (bicyclic) bond motifs is 1. The summed E-state index contributed by atoms with van der Waals surface area (Å²) in [5, 5.41) is 9.40. The molecule has 1 aromatic heterocycles. The highest BCUT2D eigenvalue weighted by Crippen LogP contribution is 2.19. The van der Waals surface area contributed by atoms with Crippen molar-refractivity contribution < 1.29 is 13.9 Å². The molecule has 2 aromatic carbocycles. The first-order valence-electron chi connectivity index (χ1n) is 5.71. The van der Waals surface area contributed by atoms with Crippen molar-refractivity contribution in [1.82, 2.24) is 9.55 Å². The van der Waals surface area contributed by atoms with Crippen molar-refractivity contribution in [2.45, 2.75) is 6.54 Å². The molecule has 0 unspecified atom stereocenters. The zero-order valence-electron chi connectivity index (χ0n) is 9.85. The van der Waals surface area contributed by atoms with Gasteiger partial charge in [0.25, 0.3) is 0 Å². The molecule has 1 N–H and O–H groups in total. The summed E-state index contributed by atoms with van der Waals surface area (Å²) < 4.78 is 28.0. The number of imidazole rings is 1. The van der Waals surface area contributed by atoms with Crippen LogP contribution >= 0.6 is 0 Å². The molecule has 0 radical (unpaired) electrons. The average Bonchev–Trinajstić information content (AvgIpc) is 2.73. The quantitative estimate of drug-likeness (QED) is 0.769. The Morgan fingerprint density at radius 3 is 2.68 bits per heavy atom. The van der Waals surface area contributed by atoms with Crippen LogP contribution in [0.4, 0.5) is 8.78 Å². The van der Waals surface area contributed by atoms with Crippen LogP contribution in [0.25, 0.3) is 11.0 Å². The number of halogens is 2. The second kappa shape index (κ2) is 4.35. The number of hydrogen-bond acceptors (Lipinski definition) is 2. The molecule has 0 fully saturated rings. The Kier molecular flexibility index (Phi) is 2.67. The fraction of sp³-hybridized carbons (Fsp3) is 0.0714. The second-order valence-corrected chi connectivity index (χ2v) is 4.30. The van der Waals surface area contributed by atoms with Crippen molar-refractivity contribution in [2.24, 2.45) is 0 Å². The molecular weight excluding hydrogens is 250 g/mol. The fourth-order valence-corrected chi connectivity index (χ4v) is 2.03. The summed E-state index contributed by atoms with van der Waals surface area (Å²) in [6.07, 6.45) is 1.52. The van der Waals surface area contributed by atoms with Crippen LogP contribution in [0.5, 0.6) is 5.75 Å². The molecule has 0 saturated heterocycles. The van der Waals surface area contributed by atoms with E-state index in [2.05, 4.69) is 4.98 Å². The van der Waals surface area contributed by atoms with Gasteiger partial charge in [0, 0.05) is 18.7 Å². The largest absolute Gasteiger partial charge is 0.508 e. The molecule has 0 amide bonds. The second-order valence-electron chi connectivity index (χ2n) is 4.30. The number of aromatic nitrogens is 2. The molecule has 3 aromatic rings. The first-order chi connectivity index (χ1) is 9.13. The Morgan fingerprint density at radius 1 is 1.11 bits per heavy atom. The van der Waals surface area contributed by atoms with Crippen molar-refractivity contribution in [2.75, 3.05) is 0 Å². The molecule has 0 spiro atoms. The van der Waals surface area contributed by atoms with Gasteiger partial charge in [-0.1, -0.05) is 12.1 Å². The fourth-order valence-electron chi connectivity index (χ4n) is 2.03. The van der Waals surface area contributed by atoms with Gasteiger partial charge in [0.1, 0.15) is 5.75 Å². The Bertz CT molecular complexity index is 752. The lowest BCUT2D eigenvalue weighted by Crippen LogP contribution is -1.98. The average molecular weight is 260 g/mol. The highest BCUT2D eigenvalue weighted by atomic mass is 19.2. The van der Waals surface area contributed by atoms with E-state index < -0.39 is 11.6 Å². The molecule has 3 rings (SSSR count). The summed E-state index contributed by atoms with van der Waals surface area (Å²) in [5.41, 5.74) is 1.77.